The molecular formula is C21H26N4O3S. The Kier molecular flexibility index (Phi) is 5.31. The molecule has 0 saturated carbocycles. The maximum atomic E-state index is 13.5. The minimum Gasteiger partial charge on any atom is -0.354 e. The highest BCUT2D eigenvalue weighted by Gasteiger charge is 2.45. The molecule has 1 saturated heterocycles. The molecule has 2 atom stereocenters. The van der Waals surface area contributed by atoms with Gasteiger partial charge in [0.25, 0.3) is 0 Å². The van der Waals surface area contributed by atoms with Gasteiger partial charge in [-0.3, -0.25) is 9.78 Å². The SMILES string of the molecule is CCN(C)C(=O)[C@H]1CC[C@H]2CN(Cc3cccnc3)S(=O)(=O)c3ccccc3N21. The van der Waals surface area contributed by atoms with Crippen molar-refractivity contribution in [2.24, 2.45) is 0 Å². The van der Waals surface area contributed by atoms with Crippen LogP contribution in [0.25, 0.3) is 0 Å². The van der Waals surface area contributed by atoms with Gasteiger partial charge >= 0.3 is 0 Å². The van der Waals surface area contributed by atoms with Crippen LogP contribution in [-0.2, 0) is 21.4 Å². The topological polar surface area (TPSA) is 73.8 Å². The van der Waals surface area contributed by atoms with E-state index in [1.165, 1.54) is 4.31 Å². The minimum absolute atomic E-state index is 0.0377. The molecular weight excluding hydrogens is 388 g/mol. The number of hydrogen-bond acceptors (Lipinski definition) is 5. The molecule has 0 N–H and O–H groups in total. The Morgan fingerprint density at radius 1 is 1.21 bits per heavy atom. The number of fused-ring (bicyclic) bond motifs is 3. The van der Waals surface area contributed by atoms with Crippen LogP contribution in [0.1, 0.15) is 25.3 Å². The first-order chi connectivity index (χ1) is 13.9. The van der Waals surface area contributed by atoms with Gasteiger partial charge in [0.2, 0.25) is 15.9 Å². The van der Waals surface area contributed by atoms with E-state index in [1.807, 2.05) is 36.1 Å². The number of rotatable bonds is 4. The Balaban J connectivity index is 1.77. The number of aromatic nitrogens is 1. The number of sulfonamides is 1. The fraction of sp³-hybridized carbons (Fsp3) is 0.429. The molecule has 1 aromatic carbocycles. The van der Waals surface area contributed by atoms with E-state index < -0.39 is 10.0 Å². The number of pyridine rings is 1. The van der Waals surface area contributed by atoms with Crippen LogP contribution in [0.2, 0.25) is 0 Å². The van der Waals surface area contributed by atoms with Crippen LogP contribution < -0.4 is 4.90 Å². The number of likely N-dealkylation sites (N-methyl/N-ethyl adjacent to an activating group) is 1. The molecule has 8 heteroatoms. The van der Waals surface area contributed by atoms with Crippen LogP contribution in [0.5, 0.6) is 0 Å². The molecule has 2 aromatic rings. The second-order valence-electron chi connectivity index (χ2n) is 7.63. The van der Waals surface area contributed by atoms with Crippen molar-refractivity contribution in [1.29, 1.82) is 0 Å². The minimum atomic E-state index is -3.70. The smallest absolute Gasteiger partial charge is 0.245 e. The van der Waals surface area contributed by atoms with Crippen molar-refractivity contribution in [1.82, 2.24) is 14.2 Å². The zero-order valence-electron chi connectivity index (χ0n) is 16.7. The molecule has 0 aliphatic carbocycles. The summed E-state index contributed by atoms with van der Waals surface area (Å²) in [5.41, 5.74) is 1.48. The highest BCUT2D eigenvalue weighted by Crippen LogP contribution is 2.40. The van der Waals surface area contributed by atoms with E-state index in [2.05, 4.69) is 4.98 Å². The van der Waals surface area contributed by atoms with E-state index in [0.29, 0.717) is 18.8 Å². The normalized spacial score (nSPS) is 23.2. The van der Waals surface area contributed by atoms with Crippen LogP contribution in [0.4, 0.5) is 5.69 Å². The zero-order chi connectivity index (χ0) is 20.6. The van der Waals surface area contributed by atoms with Gasteiger partial charge in [-0.1, -0.05) is 18.2 Å². The van der Waals surface area contributed by atoms with Gasteiger partial charge in [0.15, 0.2) is 0 Å². The predicted molar refractivity (Wildman–Crippen MR) is 111 cm³/mol. The van der Waals surface area contributed by atoms with Crippen molar-refractivity contribution in [3.63, 3.8) is 0 Å². The van der Waals surface area contributed by atoms with Gasteiger partial charge in [-0.25, -0.2) is 8.42 Å². The van der Waals surface area contributed by atoms with Crippen molar-refractivity contribution >= 4 is 21.6 Å². The summed E-state index contributed by atoms with van der Waals surface area (Å²) in [4.78, 5) is 21.1. The third-order valence-corrected chi connectivity index (χ3v) is 7.75. The van der Waals surface area contributed by atoms with Gasteiger partial charge in [0, 0.05) is 45.1 Å². The molecule has 3 heterocycles. The quantitative estimate of drug-likeness (QED) is 0.766. The number of carbonyl (C=O) groups excluding carboxylic acids is 1. The Labute approximate surface area is 172 Å². The molecule has 0 unspecified atom stereocenters. The fourth-order valence-electron chi connectivity index (χ4n) is 4.29. The lowest BCUT2D eigenvalue weighted by Crippen LogP contribution is -2.48. The standard InChI is InChI=1S/C21H26N4O3S/c1-3-23(2)21(26)19-11-10-17-15-24(14-16-7-6-12-22-13-16)29(27,28)20-9-5-4-8-18(20)25(17)19/h4-9,12-13,17,19H,3,10-11,14-15H2,1-2H3/t17-,19+/m0/s1. The largest absolute Gasteiger partial charge is 0.354 e. The number of nitrogens with zero attached hydrogens (tertiary/aromatic N) is 4. The van der Waals surface area contributed by atoms with Crippen LogP contribution in [0.3, 0.4) is 0 Å². The van der Waals surface area contributed by atoms with E-state index in [9.17, 15) is 13.2 Å². The molecule has 29 heavy (non-hydrogen) atoms. The van der Waals surface area contributed by atoms with E-state index >= 15 is 0 Å². The lowest BCUT2D eigenvalue weighted by molar-refractivity contribution is -0.130. The summed E-state index contributed by atoms with van der Waals surface area (Å²) in [7, 11) is -1.90. The highest BCUT2D eigenvalue weighted by molar-refractivity contribution is 7.89. The second kappa shape index (κ2) is 7.76. The third kappa shape index (κ3) is 3.51. The molecule has 0 spiro atoms. The molecule has 0 bridgehead atoms. The molecule has 2 aliphatic rings. The molecule has 1 fully saturated rings. The summed E-state index contributed by atoms with van der Waals surface area (Å²) >= 11 is 0. The van der Waals surface area contributed by atoms with Crippen molar-refractivity contribution in [2.45, 2.75) is 43.3 Å². The molecule has 0 radical (unpaired) electrons. The average molecular weight is 415 g/mol. The third-order valence-electron chi connectivity index (χ3n) is 5.90. The Morgan fingerprint density at radius 3 is 2.72 bits per heavy atom. The number of benzene rings is 1. The van der Waals surface area contributed by atoms with Gasteiger partial charge in [0.1, 0.15) is 10.9 Å². The Morgan fingerprint density at radius 2 is 2.00 bits per heavy atom. The molecule has 1 aromatic heterocycles. The lowest BCUT2D eigenvalue weighted by Gasteiger charge is -2.33. The summed E-state index contributed by atoms with van der Waals surface area (Å²) in [5.74, 6) is 0.0444. The van der Waals surface area contributed by atoms with Crippen molar-refractivity contribution < 1.29 is 13.2 Å². The molecule has 4 rings (SSSR count). The summed E-state index contributed by atoms with van der Waals surface area (Å²) in [6.45, 7) is 3.19. The fourth-order valence-corrected chi connectivity index (χ4v) is 5.94. The molecule has 1 amide bonds. The maximum absolute atomic E-state index is 13.5. The van der Waals surface area contributed by atoms with E-state index in [4.69, 9.17) is 0 Å². The second-order valence-corrected chi connectivity index (χ2v) is 9.54. The first-order valence-corrected chi connectivity index (χ1v) is 11.4. The van der Waals surface area contributed by atoms with Crippen LogP contribution >= 0.6 is 0 Å². The van der Waals surface area contributed by atoms with Crippen LogP contribution in [0, 0.1) is 0 Å². The first kappa shape index (κ1) is 19.8. The zero-order valence-corrected chi connectivity index (χ0v) is 17.5. The highest BCUT2D eigenvalue weighted by atomic mass is 32.2. The Hall–Kier alpha value is -2.45. The Bertz CT molecular complexity index is 996. The summed E-state index contributed by atoms with van der Waals surface area (Å²) in [6, 6.07) is 10.4. The van der Waals surface area contributed by atoms with Gasteiger partial charge < -0.3 is 9.80 Å². The number of anilines is 1. The monoisotopic (exact) mass is 414 g/mol. The van der Waals surface area contributed by atoms with Crippen LogP contribution in [-0.4, -0.2) is 60.7 Å². The number of hydrogen-bond donors (Lipinski definition) is 0. The van der Waals surface area contributed by atoms with Crippen LogP contribution in [0.15, 0.2) is 53.7 Å². The summed E-state index contributed by atoms with van der Waals surface area (Å²) in [5, 5.41) is 0. The van der Waals surface area contributed by atoms with Crippen molar-refractivity contribution in [2.75, 3.05) is 25.0 Å². The van der Waals surface area contributed by atoms with Gasteiger partial charge in [-0.2, -0.15) is 4.31 Å². The van der Waals surface area contributed by atoms with Gasteiger partial charge in [-0.05, 0) is 43.5 Å². The molecule has 2 aliphatic heterocycles. The summed E-state index contributed by atoms with van der Waals surface area (Å²) in [6.07, 6.45) is 4.88. The van der Waals surface area contributed by atoms with Crippen molar-refractivity contribution in [3.8, 4) is 0 Å². The van der Waals surface area contributed by atoms with Gasteiger partial charge in [0.05, 0.1) is 5.69 Å². The lowest BCUT2D eigenvalue weighted by atomic mass is 10.1. The molecule has 7 nitrogen and oxygen atoms in total. The number of amides is 1. The summed E-state index contributed by atoms with van der Waals surface area (Å²) < 4.78 is 28.6. The molecule has 154 valence electrons. The van der Waals surface area contributed by atoms with Crippen molar-refractivity contribution in [3.05, 3.63) is 54.4 Å². The number of carbonyl (C=O) groups is 1. The van der Waals surface area contributed by atoms with E-state index in [-0.39, 0.29) is 29.4 Å². The van der Waals surface area contributed by atoms with E-state index in [0.717, 1.165) is 18.4 Å². The number of para-hydroxylation sites is 1. The predicted octanol–water partition coefficient (Wildman–Crippen LogP) is 2.10. The average Bonchev–Trinajstić information content (AvgIpc) is 3.12. The first-order valence-electron chi connectivity index (χ1n) is 9.95. The van der Waals surface area contributed by atoms with E-state index in [1.54, 1.807) is 36.5 Å². The van der Waals surface area contributed by atoms with Gasteiger partial charge in [-0.15, -0.1) is 0 Å². The maximum Gasteiger partial charge on any atom is 0.245 e.